The predicted molar refractivity (Wildman–Crippen MR) is 109 cm³/mol. The molecule has 1 fully saturated rings. The lowest BCUT2D eigenvalue weighted by atomic mass is 9.98. The molecule has 4 heterocycles. The maximum absolute atomic E-state index is 13.1. The number of hydrogen-bond donors (Lipinski definition) is 1. The fourth-order valence-electron chi connectivity index (χ4n) is 3.67. The summed E-state index contributed by atoms with van der Waals surface area (Å²) in [5, 5.41) is 4.00. The number of nitrogens with zero attached hydrogens (tertiary/aromatic N) is 5. The maximum Gasteiger partial charge on any atom is 0.282 e. The van der Waals surface area contributed by atoms with Crippen LogP contribution >= 0.6 is 0 Å². The van der Waals surface area contributed by atoms with Crippen molar-refractivity contribution in [2.75, 3.05) is 30.8 Å². The normalized spacial score (nSPS) is 17.7. The van der Waals surface area contributed by atoms with Gasteiger partial charge in [-0.05, 0) is 43.0 Å². The number of fused-ring (bicyclic) bond motifs is 1. The van der Waals surface area contributed by atoms with E-state index in [1.165, 1.54) is 16.6 Å². The zero-order valence-electron chi connectivity index (χ0n) is 16.4. The molecule has 1 aliphatic rings. The summed E-state index contributed by atoms with van der Waals surface area (Å²) in [5.74, 6) is 0.205. The third kappa shape index (κ3) is 4.57. The smallest absolute Gasteiger partial charge is 0.282 e. The fourth-order valence-corrected chi connectivity index (χ4v) is 4.21. The van der Waals surface area contributed by atoms with Gasteiger partial charge in [0, 0.05) is 31.5 Å². The van der Waals surface area contributed by atoms with Gasteiger partial charge >= 0.3 is 0 Å². The Hall–Kier alpha value is -2.66. The summed E-state index contributed by atoms with van der Waals surface area (Å²) >= 11 is 0. The van der Waals surface area contributed by atoms with E-state index in [9.17, 15) is 17.2 Å². The Bertz CT molecular complexity index is 1150. The highest BCUT2D eigenvalue weighted by Crippen LogP contribution is 2.27. The van der Waals surface area contributed by atoms with Gasteiger partial charge in [-0.3, -0.25) is 4.98 Å². The molecule has 1 aliphatic heterocycles. The predicted octanol–water partition coefficient (Wildman–Crippen LogP) is 2.49. The number of alkyl halides is 2. The van der Waals surface area contributed by atoms with Crippen molar-refractivity contribution in [2.24, 2.45) is 5.92 Å². The summed E-state index contributed by atoms with van der Waals surface area (Å²) in [4.78, 5) is 10.8. The van der Waals surface area contributed by atoms with Gasteiger partial charge in [-0.15, -0.1) is 0 Å². The van der Waals surface area contributed by atoms with E-state index >= 15 is 0 Å². The second-order valence-corrected chi connectivity index (χ2v) is 9.28. The first kappa shape index (κ1) is 20.6. The lowest BCUT2D eigenvalue weighted by molar-refractivity contribution is 0.144. The molecular weight excluding hydrogens is 414 g/mol. The minimum Gasteiger partial charge on any atom is -0.371 e. The highest BCUT2D eigenvalue weighted by molar-refractivity contribution is 7.88. The Morgan fingerprint density at radius 2 is 2.10 bits per heavy atom. The molecule has 1 atom stereocenters. The molecule has 30 heavy (non-hydrogen) atoms. The average molecular weight is 436 g/mol. The summed E-state index contributed by atoms with van der Waals surface area (Å²) < 4.78 is 52.8. The lowest BCUT2D eigenvalue weighted by Crippen LogP contribution is -2.40. The van der Waals surface area contributed by atoms with Crippen LogP contribution in [0, 0.1) is 5.92 Å². The quantitative estimate of drug-likeness (QED) is 0.638. The van der Waals surface area contributed by atoms with Crippen molar-refractivity contribution in [2.45, 2.75) is 19.3 Å². The van der Waals surface area contributed by atoms with Gasteiger partial charge in [-0.25, -0.2) is 31.4 Å². The van der Waals surface area contributed by atoms with Crippen molar-refractivity contribution in [3.05, 3.63) is 42.4 Å². The van der Waals surface area contributed by atoms with Gasteiger partial charge in [0.25, 0.3) is 6.43 Å². The van der Waals surface area contributed by atoms with Crippen molar-refractivity contribution < 1.29 is 17.2 Å². The largest absolute Gasteiger partial charge is 0.371 e. The highest BCUT2D eigenvalue weighted by atomic mass is 32.2. The first-order valence-corrected chi connectivity index (χ1v) is 11.5. The van der Waals surface area contributed by atoms with Gasteiger partial charge in [-0.2, -0.15) is 5.10 Å². The highest BCUT2D eigenvalue weighted by Gasteiger charge is 2.22. The molecule has 0 radical (unpaired) electrons. The molecule has 0 spiro atoms. The minimum absolute atomic E-state index is 0.205. The van der Waals surface area contributed by atoms with Gasteiger partial charge in [0.15, 0.2) is 5.65 Å². The number of nitrogens with one attached hydrogen (secondary N) is 1. The number of anilines is 1. The molecule has 0 saturated carbocycles. The van der Waals surface area contributed by atoms with Crippen molar-refractivity contribution in [3.63, 3.8) is 0 Å². The van der Waals surface area contributed by atoms with Gasteiger partial charge in [0.1, 0.15) is 11.4 Å². The Morgan fingerprint density at radius 1 is 1.27 bits per heavy atom. The number of rotatable bonds is 6. The van der Waals surface area contributed by atoms with E-state index in [1.807, 2.05) is 12.1 Å². The average Bonchev–Trinajstić information content (AvgIpc) is 3.15. The van der Waals surface area contributed by atoms with E-state index in [0.29, 0.717) is 30.1 Å². The molecule has 1 saturated heterocycles. The molecule has 4 rings (SSSR count). The summed E-state index contributed by atoms with van der Waals surface area (Å²) in [5.41, 5.74) is 2.18. The monoisotopic (exact) mass is 436 g/mol. The summed E-state index contributed by atoms with van der Waals surface area (Å²) in [6.07, 6.45) is 3.62. The zero-order valence-corrected chi connectivity index (χ0v) is 17.2. The van der Waals surface area contributed by atoms with E-state index in [2.05, 4.69) is 24.7 Å². The van der Waals surface area contributed by atoms with E-state index in [0.717, 1.165) is 31.3 Å². The number of hydrogen-bond acceptors (Lipinski definition) is 6. The number of piperidine rings is 1. The zero-order chi connectivity index (χ0) is 21.3. The van der Waals surface area contributed by atoms with Crippen molar-refractivity contribution >= 4 is 21.4 Å². The van der Waals surface area contributed by atoms with Crippen LogP contribution in [-0.4, -0.2) is 53.9 Å². The molecule has 1 N–H and O–H groups in total. The van der Waals surface area contributed by atoms with Crippen molar-refractivity contribution in [3.8, 4) is 11.4 Å². The molecular formula is C19H22F2N6O2S. The fraction of sp³-hybridized carbons (Fsp3) is 0.421. The second-order valence-electron chi connectivity index (χ2n) is 7.45. The third-order valence-electron chi connectivity index (χ3n) is 5.13. The van der Waals surface area contributed by atoms with Crippen LogP contribution in [-0.2, 0) is 10.0 Å². The van der Waals surface area contributed by atoms with E-state index in [-0.39, 0.29) is 11.6 Å². The Kier molecular flexibility index (Phi) is 5.65. The van der Waals surface area contributed by atoms with Crippen LogP contribution in [0.4, 0.5) is 14.5 Å². The van der Waals surface area contributed by atoms with E-state index in [4.69, 9.17) is 0 Å². The van der Waals surface area contributed by atoms with Crippen LogP contribution in [0.1, 0.15) is 25.0 Å². The van der Waals surface area contributed by atoms with Crippen molar-refractivity contribution in [1.82, 2.24) is 24.3 Å². The molecule has 160 valence electrons. The molecule has 3 aromatic rings. The molecule has 3 aromatic heterocycles. The van der Waals surface area contributed by atoms with Crippen LogP contribution in [0.25, 0.3) is 17.0 Å². The van der Waals surface area contributed by atoms with E-state index < -0.39 is 16.4 Å². The molecule has 8 nitrogen and oxygen atoms in total. The number of halogens is 2. The number of imidazole rings is 1. The first-order valence-electron chi connectivity index (χ1n) is 9.59. The van der Waals surface area contributed by atoms with Crippen LogP contribution in [0.3, 0.4) is 0 Å². The standard InChI is InChI=1S/C19H22F2N6O2S/c1-30(28,29)24-10-13-3-2-8-26(12-13)14-6-7-22-16(9-14)17-11-23-18-5-4-15(19(20)21)25-27(17)18/h4-7,9,11,13,19,24H,2-3,8,10,12H2,1H3. The summed E-state index contributed by atoms with van der Waals surface area (Å²) in [6.45, 7) is 1.97. The van der Waals surface area contributed by atoms with Crippen LogP contribution < -0.4 is 9.62 Å². The first-order chi connectivity index (χ1) is 14.3. The van der Waals surface area contributed by atoms with Crippen LogP contribution in [0.2, 0.25) is 0 Å². The summed E-state index contributed by atoms with van der Waals surface area (Å²) in [6, 6.07) is 6.54. The molecule has 0 amide bonds. The third-order valence-corrected chi connectivity index (χ3v) is 5.82. The molecule has 0 aliphatic carbocycles. The molecule has 11 heteroatoms. The maximum atomic E-state index is 13.1. The van der Waals surface area contributed by atoms with Gasteiger partial charge in [0.05, 0.1) is 18.1 Å². The number of aromatic nitrogens is 4. The minimum atomic E-state index is -3.22. The van der Waals surface area contributed by atoms with Crippen LogP contribution in [0.5, 0.6) is 0 Å². The van der Waals surface area contributed by atoms with Gasteiger partial charge in [-0.1, -0.05) is 0 Å². The van der Waals surface area contributed by atoms with Gasteiger partial charge < -0.3 is 4.90 Å². The molecule has 1 unspecified atom stereocenters. The lowest BCUT2D eigenvalue weighted by Gasteiger charge is -2.34. The topological polar surface area (TPSA) is 92.5 Å². The SMILES string of the molecule is CS(=O)(=O)NCC1CCCN(c2ccnc(-c3cnc4ccc(C(F)F)nn34)c2)C1. The van der Waals surface area contributed by atoms with Gasteiger partial charge in [0.2, 0.25) is 10.0 Å². The summed E-state index contributed by atoms with van der Waals surface area (Å²) in [7, 11) is -3.22. The second kappa shape index (κ2) is 8.23. The Balaban J connectivity index is 1.59. The van der Waals surface area contributed by atoms with Crippen LogP contribution in [0.15, 0.2) is 36.7 Å². The Morgan fingerprint density at radius 3 is 2.87 bits per heavy atom. The number of sulfonamides is 1. The molecule has 0 bridgehead atoms. The molecule has 0 aromatic carbocycles. The van der Waals surface area contributed by atoms with Crippen molar-refractivity contribution in [1.29, 1.82) is 0 Å². The number of pyridine rings is 1. The van der Waals surface area contributed by atoms with E-state index in [1.54, 1.807) is 12.4 Å². The Labute approximate surface area is 173 Å².